The Morgan fingerprint density at radius 2 is 1.51 bits per heavy atom. The van der Waals surface area contributed by atoms with Gasteiger partial charge in [0.2, 0.25) is 0 Å². The van der Waals surface area contributed by atoms with Crippen LogP contribution in [0.4, 0.5) is 5.69 Å². The van der Waals surface area contributed by atoms with Crippen molar-refractivity contribution in [3.05, 3.63) is 99.0 Å². The van der Waals surface area contributed by atoms with Crippen molar-refractivity contribution in [1.82, 2.24) is 4.90 Å². The quantitative estimate of drug-likeness (QED) is 0.357. The van der Waals surface area contributed by atoms with E-state index in [1.807, 2.05) is 32.0 Å². The van der Waals surface area contributed by atoms with Crippen LogP contribution in [0.2, 0.25) is 0 Å². The maximum Gasteiger partial charge on any atom is 0.330 e. The first-order valence-electron chi connectivity index (χ1n) is 11.0. The summed E-state index contributed by atoms with van der Waals surface area (Å²) < 4.78 is 6.23. The summed E-state index contributed by atoms with van der Waals surface area (Å²) >= 11 is 3.45. The van der Waals surface area contributed by atoms with E-state index in [9.17, 15) is 19.2 Å². The van der Waals surface area contributed by atoms with Crippen molar-refractivity contribution in [2.45, 2.75) is 26.3 Å². The van der Waals surface area contributed by atoms with Crippen molar-refractivity contribution in [1.29, 1.82) is 0 Å². The van der Waals surface area contributed by atoms with Gasteiger partial charge in [0.1, 0.15) is 6.04 Å². The van der Waals surface area contributed by atoms with Gasteiger partial charge in [-0.3, -0.25) is 19.3 Å². The highest BCUT2D eigenvalue weighted by Gasteiger charge is 2.43. The largest absolute Gasteiger partial charge is 0.454 e. The molecule has 1 heterocycles. The normalized spacial score (nSPS) is 13.4. The Morgan fingerprint density at radius 3 is 2.14 bits per heavy atom. The lowest BCUT2D eigenvalue weighted by Crippen LogP contribution is -2.47. The molecule has 7 nitrogen and oxygen atoms in total. The van der Waals surface area contributed by atoms with E-state index in [2.05, 4.69) is 21.2 Å². The van der Waals surface area contributed by atoms with Gasteiger partial charge < -0.3 is 10.1 Å². The first-order valence-corrected chi connectivity index (χ1v) is 11.8. The smallest absolute Gasteiger partial charge is 0.330 e. The Hall–Kier alpha value is -3.78. The van der Waals surface area contributed by atoms with Gasteiger partial charge in [0.15, 0.2) is 6.61 Å². The number of fused-ring (bicyclic) bond motifs is 1. The zero-order valence-electron chi connectivity index (χ0n) is 19.2. The number of nitrogens with one attached hydrogen (secondary N) is 1. The van der Waals surface area contributed by atoms with Crippen molar-refractivity contribution in [2.24, 2.45) is 0 Å². The second-order valence-electron chi connectivity index (χ2n) is 8.30. The molecule has 0 aliphatic carbocycles. The maximum atomic E-state index is 13.1. The number of carbonyl (C=O) groups excluding carboxylic acids is 4. The van der Waals surface area contributed by atoms with E-state index in [1.165, 1.54) is 0 Å². The topological polar surface area (TPSA) is 92.8 Å². The summed E-state index contributed by atoms with van der Waals surface area (Å²) in [6.45, 7) is 3.20. The second kappa shape index (κ2) is 10.2. The number of carbonyl (C=O) groups is 4. The fourth-order valence-corrected chi connectivity index (χ4v) is 4.40. The number of hydrogen-bond acceptors (Lipinski definition) is 5. The number of anilines is 1. The molecule has 0 saturated heterocycles. The SMILES string of the molecule is Cc1cc(NC(=O)COC(=O)[C@H](Cc2ccccc2)N2C(=O)c3ccccc3C2=O)c(C)cc1Br. The van der Waals surface area contributed by atoms with Crippen LogP contribution in [0.5, 0.6) is 0 Å². The highest BCUT2D eigenvalue weighted by atomic mass is 79.9. The highest BCUT2D eigenvalue weighted by Crippen LogP contribution is 2.27. The van der Waals surface area contributed by atoms with E-state index >= 15 is 0 Å². The van der Waals surface area contributed by atoms with Crippen LogP contribution < -0.4 is 5.32 Å². The molecule has 3 amide bonds. The average molecular weight is 535 g/mol. The van der Waals surface area contributed by atoms with Crippen LogP contribution in [0.15, 0.2) is 71.2 Å². The molecule has 0 aromatic heterocycles. The standard InChI is InChI=1S/C27H23BrN2O5/c1-16-13-22(17(2)12-21(16)28)29-24(31)15-35-27(34)23(14-18-8-4-3-5-9-18)30-25(32)19-10-6-7-11-20(19)26(30)33/h3-13,23H,14-15H2,1-2H3,(H,29,31)/t23-/m0/s1. The predicted molar refractivity (Wildman–Crippen MR) is 134 cm³/mol. The van der Waals surface area contributed by atoms with Crippen LogP contribution in [0.3, 0.4) is 0 Å². The number of benzene rings is 3. The van der Waals surface area contributed by atoms with E-state index in [4.69, 9.17) is 4.74 Å². The molecular weight excluding hydrogens is 512 g/mol. The molecule has 35 heavy (non-hydrogen) atoms. The molecule has 0 radical (unpaired) electrons. The Balaban J connectivity index is 1.51. The highest BCUT2D eigenvalue weighted by molar-refractivity contribution is 9.10. The summed E-state index contributed by atoms with van der Waals surface area (Å²) in [4.78, 5) is 52.7. The minimum Gasteiger partial charge on any atom is -0.454 e. The van der Waals surface area contributed by atoms with Gasteiger partial charge in [0.05, 0.1) is 11.1 Å². The molecule has 3 aromatic rings. The van der Waals surface area contributed by atoms with E-state index < -0.39 is 36.3 Å². The molecule has 178 valence electrons. The third-order valence-corrected chi connectivity index (χ3v) is 6.66. The summed E-state index contributed by atoms with van der Waals surface area (Å²) in [5, 5.41) is 2.74. The van der Waals surface area contributed by atoms with Crippen LogP contribution in [0.1, 0.15) is 37.4 Å². The minimum atomic E-state index is -1.21. The molecular formula is C27H23BrN2O5. The molecule has 1 aliphatic rings. The number of amides is 3. The summed E-state index contributed by atoms with van der Waals surface area (Å²) in [6, 6.07) is 17.9. The Labute approximate surface area is 211 Å². The fraction of sp³-hybridized carbons (Fsp3) is 0.185. The first-order chi connectivity index (χ1) is 16.8. The number of esters is 1. The van der Waals surface area contributed by atoms with E-state index in [0.717, 1.165) is 26.1 Å². The van der Waals surface area contributed by atoms with Crippen molar-refractivity contribution in [3.63, 3.8) is 0 Å². The molecule has 0 fully saturated rings. The summed E-state index contributed by atoms with van der Waals surface area (Å²) in [5.41, 5.74) is 3.61. The lowest BCUT2D eigenvalue weighted by Gasteiger charge is -2.24. The summed E-state index contributed by atoms with van der Waals surface area (Å²) in [7, 11) is 0. The van der Waals surface area contributed by atoms with Gasteiger partial charge in [-0.1, -0.05) is 58.4 Å². The Morgan fingerprint density at radius 1 is 0.914 bits per heavy atom. The maximum absolute atomic E-state index is 13.1. The fourth-order valence-electron chi connectivity index (χ4n) is 3.94. The van der Waals surface area contributed by atoms with E-state index in [1.54, 1.807) is 48.5 Å². The van der Waals surface area contributed by atoms with Crippen LogP contribution in [-0.2, 0) is 20.7 Å². The van der Waals surface area contributed by atoms with Crippen molar-refractivity contribution in [2.75, 3.05) is 11.9 Å². The molecule has 8 heteroatoms. The van der Waals surface area contributed by atoms with Crippen molar-refractivity contribution < 1.29 is 23.9 Å². The molecule has 1 atom stereocenters. The molecule has 0 bridgehead atoms. The molecule has 0 spiro atoms. The molecule has 0 unspecified atom stereocenters. The molecule has 1 N–H and O–H groups in total. The van der Waals surface area contributed by atoms with Crippen molar-refractivity contribution in [3.8, 4) is 0 Å². The van der Waals surface area contributed by atoms with Gasteiger partial charge in [-0.05, 0) is 54.8 Å². The van der Waals surface area contributed by atoms with Crippen LogP contribution >= 0.6 is 15.9 Å². The number of ether oxygens (including phenoxy) is 1. The van der Waals surface area contributed by atoms with Crippen LogP contribution in [0.25, 0.3) is 0 Å². The van der Waals surface area contributed by atoms with Gasteiger partial charge in [0, 0.05) is 16.6 Å². The summed E-state index contributed by atoms with van der Waals surface area (Å²) in [5.74, 6) is -2.48. The number of nitrogens with zero attached hydrogens (tertiary/aromatic N) is 1. The van der Waals surface area contributed by atoms with Gasteiger partial charge in [-0.2, -0.15) is 0 Å². The zero-order chi connectivity index (χ0) is 25.1. The van der Waals surface area contributed by atoms with Gasteiger partial charge in [-0.25, -0.2) is 4.79 Å². The lowest BCUT2D eigenvalue weighted by atomic mass is 10.0. The summed E-state index contributed by atoms with van der Waals surface area (Å²) in [6.07, 6.45) is 0.0672. The first kappa shape index (κ1) is 24.3. The molecule has 0 saturated carbocycles. The molecule has 1 aliphatic heterocycles. The van der Waals surface area contributed by atoms with Gasteiger partial charge in [-0.15, -0.1) is 0 Å². The minimum absolute atomic E-state index is 0.0672. The number of imide groups is 1. The van der Waals surface area contributed by atoms with Crippen LogP contribution in [0, 0.1) is 13.8 Å². The third-order valence-electron chi connectivity index (χ3n) is 5.81. The zero-order valence-corrected chi connectivity index (χ0v) is 20.8. The number of halogens is 1. The lowest BCUT2D eigenvalue weighted by molar-refractivity contribution is -0.151. The third kappa shape index (κ3) is 5.17. The Bertz CT molecular complexity index is 1290. The monoisotopic (exact) mass is 534 g/mol. The number of hydrogen-bond donors (Lipinski definition) is 1. The van der Waals surface area contributed by atoms with Gasteiger partial charge in [0.25, 0.3) is 17.7 Å². The molecule has 3 aromatic carbocycles. The predicted octanol–water partition coefficient (Wildman–Crippen LogP) is 4.46. The van der Waals surface area contributed by atoms with Gasteiger partial charge >= 0.3 is 5.97 Å². The second-order valence-corrected chi connectivity index (χ2v) is 9.16. The molecule has 4 rings (SSSR count). The average Bonchev–Trinajstić information content (AvgIpc) is 3.10. The number of rotatable bonds is 7. The number of aryl methyl sites for hydroxylation is 2. The van der Waals surface area contributed by atoms with Crippen molar-refractivity contribution >= 4 is 45.3 Å². The van der Waals surface area contributed by atoms with Crippen LogP contribution in [-0.4, -0.2) is 41.2 Å². The van der Waals surface area contributed by atoms with E-state index in [-0.39, 0.29) is 17.5 Å². The Kier molecular flexibility index (Phi) is 7.12. The van der Waals surface area contributed by atoms with E-state index in [0.29, 0.717) is 5.69 Å².